The van der Waals surface area contributed by atoms with E-state index in [9.17, 15) is 19.2 Å². The van der Waals surface area contributed by atoms with Gasteiger partial charge in [0, 0.05) is 22.3 Å². The number of ether oxygens (including phenoxy) is 6. The average Bonchev–Trinajstić information content (AvgIpc) is 2.79. The summed E-state index contributed by atoms with van der Waals surface area (Å²) in [5, 5.41) is 0. The van der Waals surface area contributed by atoms with Gasteiger partial charge in [0.05, 0.1) is 31.8 Å². The van der Waals surface area contributed by atoms with Crippen LogP contribution in [-0.4, -0.2) is 76.7 Å². The predicted molar refractivity (Wildman–Crippen MR) is 127 cm³/mol. The summed E-state index contributed by atoms with van der Waals surface area (Å²) in [5.74, 6) is -2.41. The molecule has 0 saturated heterocycles. The van der Waals surface area contributed by atoms with E-state index in [0.717, 1.165) is 0 Å². The van der Waals surface area contributed by atoms with E-state index in [2.05, 4.69) is 26.3 Å². The molecule has 0 bridgehead atoms. The summed E-state index contributed by atoms with van der Waals surface area (Å²) in [4.78, 5) is 47.0. The van der Waals surface area contributed by atoms with Gasteiger partial charge in [-0.25, -0.2) is 19.2 Å². The zero-order valence-electron chi connectivity index (χ0n) is 21.1. The lowest BCUT2D eigenvalue weighted by molar-refractivity contribution is -0.161. The van der Waals surface area contributed by atoms with Crippen LogP contribution in [0.2, 0.25) is 0 Å². The Morgan fingerprint density at radius 1 is 0.486 bits per heavy atom. The molecule has 196 valence electrons. The van der Waals surface area contributed by atoms with Gasteiger partial charge in [-0.3, -0.25) is 0 Å². The van der Waals surface area contributed by atoms with E-state index >= 15 is 0 Å². The Kier molecular flexibility index (Phi) is 14.9. The van der Waals surface area contributed by atoms with Crippen LogP contribution in [0.5, 0.6) is 0 Å². The third kappa shape index (κ3) is 13.9. The van der Waals surface area contributed by atoms with E-state index in [1.807, 2.05) is 0 Å². The Morgan fingerprint density at radius 3 is 1.06 bits per heavy atom. The van der Waals surface area contributed by atoms with Crippen molar-refractivity contribution in [3.63, 3.8) is 0 Å². The molecule has 0 rings (SSSR count). The molecule has 0 heterocycles. The summed E-state index contributed by atoms with van der Waals surface area (Å²) in [6.45, 7) is 19.4. The number of esters is 4. The molecular weight excluding hydrogens is 460 g/mol. The number of rotatable bonds is 18. The highest BCUT2D eigenvalue weighted by Gasteiger charge is 2.35. The molecule has 10 heteroatoms. The maximum Gasteiger partial charge on any atom is 0.333 e. The van der Waals surface area contributed by atoms with Crippen molar-refractivity contribution in [2.24, 2.45) is 5.41 Å². The van der Waals surface area contributed by atoms with Gasteiger partial charge in [0.15, 0.2) is 0 Å². The second-order valence-electron chi connectivity index (χ2n) is 8.15. The normalized spacial score (nSPS) is 10.6. The van der Waals surface area contributed by atoms with Gasteiger partial charge in [-0.15, -0.1) is 0 Å². The van der Waals surface area contributed by atoms with Crippen LogP contribution in [0.4, 0.5) is 0 Å². The lowest BCUT2D eigenvalue weighted by Gasteiger charge is -2.32. The molecule has 0 aromatic rings. The zero-order chi connectivity index (χ0) is 27.0. The molecule has 0 aliphatic heterocycles. The lowest BCUT2D eigenvalue weighted by Crippen LogP contribution is -2.43. The number of hydrogen-bond acceptors (Lipinski definition) is 10. The smallest absolute Gasteiger partial charge is 0.333 e. The second kappa shape index (κ2) is 16.4. The van der Waals surface area contributed by atoms with Crippen molar-refractivity contribution < 1.29 is 47.6 Å². The number of carbonyl (C=O) groups excluding carboxylic acids is 4. The minimum absolute atomic E-state index is 0.0137. The van der Waals surface area contributed by atoms with Gasteiger partial charge in [-0.05, 0) is 27.7 Å². The maximum atomic E-state index is 12.0. The van der Waals surface area contributed by atoms with Crippen LogP contribution in [0.25, 0.3) is 0 Å². The van der Waals surface area contributed by atoms with Crippen molar-refractivity contribution in [1.82, 2.24) is 0 Å². The summed E-state index contributed by atoms with van der Waals surface area (Å²) >= 11 is 0. The van der Waals surface area contributed by atoms with Crippen LogP contribution in [0.1, 0.15) is 27.7 Å². The Morgan fingerprint density at radius 2 is 0.771 bits per heavy atom. The van der Waals surface area contributed by atoms with Gasteiger partial charge in [-0.2, -0.15) is 0 Å². The first-order chi connectivity index (χ1) is 16.3. The standard InChI is InChI=1S/C25H36O10/c1-17(2)21(26)32-11-9-30-13-25(15-34-23(28)19(5)6,16-35-24(29)20(7)8)14-31-10-12-33-22(27)18(3)4/h1,3,5,7,9-16H2,2,4,6,8H3. The topological polar surface area (TPSA) is 124 Å². The van der Waals surface area contributed by atoms with E-state index in [4.69, 9.17) is 28.4 Å². The molecule has 0 unspecified atom stereocenters. The second-order valence-corrected chi connectivity index (χ2v) is 8.15. The Bertz CT molecular complexity index is 756. The fourth-order valence-electron chi connectivity index (χ4n) is 2.14. The molecule has 0 N–H and O–H groups in total. The largest absolute Gasteiger partial charge is 0.461 e. The summed E-state index contributed by atoms with van der Waals surface area (Å²) in [6.07, 6.45) is 0. The highest BCUT2D eigenvalue weighted by atomic mass is 16.6. The third-order valence-electron chi connectivity index (χ3n) is 4.15. The first kappa shape index (κ1) is 31.8. The predicted octanol–water partition coefficient (Wildman–Crippen LogP) is 2.48. The van der Waals surface area contributed by atoms with Crippen molar-refractivity contribution in [1.29, 1.82) is 0 Å². The molecule has 35 heavy (non-hydrogen) atoms. The van der Waals surface area contributed by atoms with E-state index in [1.54, 1.807) is 0 Å². The van der Waals surface area contributed by atoms with Crippen molar-refractivity contribution in [3.8, 4) is 0 Å². The van der Waals surface area contributed by atoms with E-state index in [-0.39, 0.29) is 75.1 Å². The van der Waals surface area contributed by atoms with Gasteiger partial charge in [0.25, 0.3) is 0 Å². The minimum atomic E-state index is -1.13. The van der Waals surface area contributed by atoms with Gasteiger partial charge >= 0.3 is 23.9 Å². The highest BCUT2D eigenvalue weighted by Crippen LogP contribution is 2.22. The van der Waals surface area contributed by atoms with Crippen LogP contribution in [-0.2, 0) is 47.6 Å². The molecule has 0 amide bonds. The van der Waals surface area contributed by atoms with Gasteiger partial charge in [0.1, 0.15) is 26.4 Å². The zero-order valence-corrected chi connectivity index (χ0v) is 21.1. The Balaban J connectivity index is 5.32. The fourth-order valence-corrected chi connectivity index (χ4v) is 2.14. The van der Waals surface area contributed by atoms with Crippen molar-refractivity contribution >= 4 is 23.9 Å². The molecule has 0 spiro atoms. The molecule has 0 fully saturated rings. The molecule has 0 saturated carbocycles. The van der Waals surface area contributed by atoms with Crippen molar-refractivity contribution in [3.05, 3.63) is 48.6 Å². The molecule has 0 aliphatic rings. The number of hydrogen-bond donors (Lipinski definition) is 0. The molecule has 0 radical (unpaired) electrons. The Labute approximate surface area is 206 Å². The molecule has 10 nitrogen and oxygen atoms in total. The van der Waals surface area contributed by atoms with Crippen LogP contribution >= 0.6 is 0 Å². The van der Waals surface area contributed by atoms with Gasteiger partial charge < -0.3 is 28.4 Å². The first-order valence-corrected chi connectivity index (χ1v) is 10.8. The van der Waals surface area contributed by atoms with Crippen LogP contribution < -0.4 is 0 Å². The van der Waals surface area contributed by atoms with Gasteiger partial charge in [-0.1, -0.05) is 26.3 Å². The summed E-state index contributed by atoms with van der Waals surface area (Å²) in [5.41, 5.74) is -0.277. The molecule has 0 atom stereocenters. The average molecular weight is 497 g/mol. The summed E-state index contributed by atoms with van der Waals surface area (Å²) < 4.78 is 31.9. The quantitative estimate of drug-likeness (QED) is 0.121. The van der Waals surface area contributed by atoms with Crippen molar-refractivity contribution in [2.75, 3.05) is 52.9 Å². The van der Waals surface area contributed by atoms with E-state index in [0.29, 0.717) is 0 Å². The maximum absolute atomic E-state index is 12.0. The fraction of sp³-hybridized carbons (Fsp3) is 0.520. The SMILES string of the molecule is C=C(C)C(=O)OCCOCC(COCCOC(=O)C(=C)C)(COC(=O)C(=C)C)COC(=O)C(=C)C. The van der Waals surface area contributed by atoms with E-state index in [1.165, 1.54) is 27.7 Å². The number of carbonyl (C=O) groups is 4. The lowest BCUT2D eigenvalue weighted by atomic mass is 9.92. The minimum Gasteiger partial charge on any atom is -0.461 e. The Hall–Kier alpha value is -3.24. The monoisotopic (exact) mass is 496 g/mol. The van der Waals surface area contributed by atoms with Gasteiger partial charge in [0.2, 0.25) is 0 Å². The molecule has 0 aromatic heterocycles. The van der Waals surface area contributed by atoms with Crippen LogP contribution in [0, 0.1) is 5.41 Å². The summed E-state index contributed by atoms with van der Waals surface area (Å²) in [7, 11) is 0. The van der Waals surface area contributed by atoms with Crippen LogP contribution in [0.3, 0.4) is 0 Å². The first-order valence-electron chi connectivity index (χ1n) is 10.8. The molecule has 0 aliphatic carbocycles. The summed E-state index contributed by atoms with van der Waals surface area (Å²) in [6, 6.07) is 0. The van der Waals surface area contributed by atoms with E-state index < -0.39 is 29.3 Å². The van der Waals surface area contributed by atoms with Crippen LogP contribution in [0.15, 0.2) is 48.6 Å². The van der Waals surface area contributed by atoms with Crippen molar-refractivity contribution in [2.45, 2.75) is 27.7 Å². The highest BCUT2D eigenvalue weighted by molar-refractivity contribution is 5.88. The molecular formula is C25H36O10. The molecule has 0 aromatic carbocycles. The third-order valence-corrected chi connectivity index (χ3v) is 4.15.